The van der Waals surface area contributed by atoms with Gasteiger partial charge in [-0.25, -0.2) is 0 Å². The van der Waals surface area contributed by atoms with Gasteiger partial charge in [0.2, 0.25) is 5.91 Å². The lowest BCUT2D eigenvalue weighted by Crippen LogP contribution is -2.25. The van der Waals surface area contributed by atoms with Crippen molar-refractivity contribution in [3.63, 3.8) is 0 Å². The molecule has 0 unspecified atom stereocenters. The maximum Gasteiger partial charge on any atom is 0.230 e. The quantitative estimate of drug-likeness (QED) is 0.661. The van der Waals surface area contributed by atoms with Gasteiger partial charge >= 0.3 is 0 Å². The van der Waals surface area contributed by atoms with Crippen molar-refractivity contribution in [1.82, 2.24) is 15.1 Å². The Morgan fingerprint density at radius 1 is 1.08 bits per heavy atom. The first kappa shape index (κ1) is 17.3. The lowest BCUT2D eigenvalue weighted by atomic mass is 10.1. The van der Waals surface area contributed by atoms with E-state index >= 15 is 0 Å². The highest BCUT2D eigenvalue weighted by atomic mass is 32.2. The molecule has 0 fully saturated rings. The maximum absolute atomic E-state index is 12.1. The van der Waals surface area contributed by atoms with Crippen LogP contribution in [0.1, 0.15) is 16.7 Å². The van der Waals surface area contributed by atoms with Gasteiger partial charge in [0, 0.05) is 23.8 Å². The Hall–Kier alpha value is -2.53. The summed E-state index contributed by atoms with van der Waals surface area (Å²) in [5.41, 5.74) is 3.51. The zero-order chi connectivity index (χ0) is 17.5. The van der Waals surface area contributed by atoms with Gasteiger partial charge in [-0.1, -0.05) is 42.0 Å². The van der Waals surface area contributed by atoms with E-state index in [0.29, 0.717) is 18.8 Å². The van der Waals surface area contributed by atoms with Gasteiger partial charge < -0.3 is 5.32 Å². The maximum atomic E-state index is 12.1. The summed E-state index contributed by atoms with van der Waals surface area (Å²) in [4.78, 5) is 13.2. The van der Waals surface area contributed by atoms with Crippen LogP contribution >= 0.6 is 11.8 Å². The number of amides is 1. The van der Waals surface area contributed by atoms with Gasteiger partial charge in [-0.05, 0) is 36.2 Å². The topological polar surface area (TPSA) is 46.9 Å². The standard InChI is InChI=1S/C20H21N3OS/c1-16-7-9-19(10-8-16)25-15-20(24)21-13-17-5-2-3-6-18(17)14-23-12-4-11-22-23/h2-12H,13-15H2,1H3,(H,21,24). The Bertz CT molecular complexity index is 813. The molecule has 0 aliphatic heterocycles. The summed E-state index contributed by atoms with van der Waals surface area (Å²) in [5, 5.41) is 7.25. The molecule has 0 atom stereocenters. The zero-order valence-corrected chi connectivity index (χ0v) is 15.0. The summed E-state index contributed by atoms with van der Waals surface area (Å²) < 4.78 is 1.88. The molecule has 0 spiro atoms. The molecule has 1 N–H and O–H groups in total. The molecule has 1 heterocycles. The molecule has 5 heteroatoms. The molecule has 3 aromatic rings. The Kier molecular flexibility index (Phi) is 5.90. The molecule has 0 saturated carbocycles. The van der Waals surface area contributed by atoms with E-state index in [4.69, 9.17) is 0 Å². The van der Waals surface area contributed by atoms with Crippen LogP contribution in [0.4, 0.5) is 0 Å². The van der Waals surface area contributed by atoms with Crippen LogP contribution in [0, 0.1) is 6.92 Å². The molecule has 1 amide bonds. The Morgan fingerprint density at radius 3 is 2.56 bits per heavy atom. The van der Waals surface area contributed by atoms with E-state index in [-0.39, 0.29) is 5.91 Å². The van der Waals surface area contributed by atoms with Crippen LogP contribution in [-0.2, 0) is 17.9 Å². The summed E-state index contributed by atoms with van der Waals surface area (Å²) in [5.74, 6) is 0.462. The minimum Gasteiger partial charge on any atom is -0.351 e. The molecule has 0 radical (unpaired) electrons. The van der Waals surface area contributed by atoms with E-state index in [9.17, 15) is 4.79 Å². The normalized spacial score (nSPS) is 10.6. The fourth-order valence-electron chi connectivity index (χ4n) is 2.48. The van der Waals surface area contributed by atoms with E-state index in [1.807, 2.05) is 47.3 Å². The SMILES string of the molecule is Cc1ccc(SCC(=O)NCc2ccccc2Cn2cccn2)cc1. The van der Waals surface area contributed by atoms with E-state index in [2.05, 4.69) is 35.5 Å². The number of hydrogen-bond donors (Lipinski definition) is 1. The smallest absolute Gasteiger partial charge is 0.230 e. The summed E-state index contributed by atoms with van der Waals surface area (Å²) in [6.45, 7) is 3.30. The van der Waals surface area contributed by atoms with Crippen molar-refractivity contribution in [2.75, 3.05) is 5.75 Å². The van der Waals surface area contributed by atoms with Crippen LogP contribution in [0.15, 0.2) is 71.9 Å². The van der Waals surface area contributed by atoms with Crippen molar-refractivity contribution in [2.24, 2.45) is 0 Å². The highest BCUT2D eigenvalue weighted by molar-refractivity contribution is 8.00. The minimum atomic E-state index is 0.0412. The van der Waals surface area contributed by atoms with Crippen LogP contribution in [0.25, 0.3) is 0 Å². The zero-order valence-electron chi connectivity index (χ0n) is 14.2. The second-order valence-electron chi connectivity index (χ2n) is 5.85. The van der Waals surface area contributed by atoms with Crippen LogP contribution in [0.2, 0.25) is 0 Å². The third-order valence-electron chi connectivity index (χ3n) is 3.88. The molecule has 2 aromatic carbocycles. The van der Waals surface area contributed by atoms with Crippen LogP contribution in [0.5, 0.6) is 0 Å². The fourth-order valence-corrected chi connectivity index (χ4v) is 3.21. The number of aromatic nitrogens is 2. The van der Waals surface area contributed by atoms with E-state index in [0.717, 1.165) is 16.0 Å². The molecule has 4 nitrogen and oxygen atoms in total. The summed E-state index contributed by atoms with van der Waals surface area (Å²) in [7, 11) is 0. The lowest BCUT2D eigenvalue weighted by Gasteiger charge is -2.11. The highest BCUT2D eigenvalue weighted by Gasteiger charge is 2.06. The first-order valence-electron chi connectivity index (χ1n) is 8.21. The van der Waals surface area contributed by atoms with Crippen molar-refractivity contribution in [2.45, 2.75) is 24.9 Å². The third-order valence-corrected chi connectivity index (χ3v) is 4.89. The second kappa shape index (κ2) is 8.53. The molecule has 0 bridgehead atoms. The fraction of sp³-hybridized carbons (Fsp3) is 0.200. The predicted octanol–water partition coefficient (Wildman–Crippen LogP) is 3.65. The average Bonchev–Trinajstić information content (AvgIpc) is 3.13. The molecule has 128 valence electrons. The molecule has 1 aromatic heterocycles. The van der Waals surface area contributed by atoms with Gasteiger partial charge in [0.25, 0.3) is 0 Å². The van der Waals surface area contributed by atoms with E-state index < -0.39 is 0 Å². The van der Waals surface area contributed by atoms with Gasteiger partial charge in [0.1, 0.15) is 0 Å². The largest absolute Gasteiger partial charge is 0.351 e. The number of aryl methyl sites for hydroxylation is 1. The van der Waals surface area contributed by atoms with E-state index in [1.165, 1.54) is 5.56 Å². The van der Waals surface area contributed by atoms with Gasteiger partial charge in [-0.15, -0.1) is 11.8 Å². The summed E-state index contributed by atoms with van der Waals surface area (Å²) in [6.07, 6.45) is 3.71. The van der Waals surface area contributed by atoms with Crippen molar-refractivity contribution < 1.29 is 4.79 Å². The molecule has 0 aliphatic carbocycles. The van der Waals surface area contributed by atoms with Crippen LogP contribution in [0.3, 0.4) is 0 Å². The van der Waals surface area contributed by atoms with Gasteiger partial charge in [0.15, 0.2) is 0 Å². The minimum absolute atomic E-state index is 0.0412. The third kappa shape index (κ3) is 5.22. The van der Waals surface area contributed by atoms with Gasteiger partial charge in [-0.3, -0.25) is 9.48 Å². The molecule has 3 rings (SSSR count). The number of thioether (sulfide) groups is 1. The highest BCUT2D eigenvalue weighted by Crippen LogP contribution is 2.18. The van der Waals surface area contributed by atoms with Crippen molar-refractivity contribution >= 4 is 17.7 Å². The lowest BCUT2D eigenvalue weighted by molar-refractivity contribution is -0.118. The number of carbonyl (C=O) groups excluding carboxylic acids is 1. The van der Waals surface area contributed by atoms with Crippen LogP contribution in [-0.4, -0.2) is 21.4 Å². The van der Waals surface area contributed by atoms with Gasteiger partial charge in [0.05, 0.1) is 12.3 Å². The second-order valence-corrected chi connectivity index (χ2v) is 6.90. The molecular formula is C20H21N3OS. The average molecular weight is 351 g/mol. The Morgan fingerprint density at radius 2 is 1.84 bits per heavy atom. The first-order valence-corrected chi connectivity index (χ1v) is 9.19. The van der Waals surface area contributed by atoms with Crippen molar-refractivity contribution in [3.8, 4) is 0 Å². The predicted molar refractivity (Wildman–Crippen MR) is 102 cm³/mol. The first-order chi connectivity index (χ1) is 12.2. The molecule has 0 aliphatic rings. The number of benzene rings is 2. The van der Waals surface area contributed by atoms with E-state index in [1.54, 1.807) is 18.0 Å². The molecule has 25 heavy (non-hydrogen) atoms. The van der Waals surface area contributed by atoms with Crippen LogP contribution < -0.4 is 5.32 Å². The monoisotopic (exact) mass is 351 g/mol. The summed E-state index contributed by atoms with van der Waals surface area (Å²) >= 11 is 1.55. The number of hydrogen-bond acceptors (Lipinski definition) is 3. The van der Waals surface area contributed by atoms with Crippen molar-refractivity contribution in [1.29, 1.82) is 0 Å². The molecule has 0 saturated heterocycles. The number of carbonyl (C=O) groups is 1. The molecular weight excluding hydrogens is 330 g/mol. The number of rotatable bonds is 7. The Labute approximate surface area is 152 Å². The Balaban J connectivity index is 1.52. The van der Waals surface area contributed by atoms with Gasteiger partial charge in [-0.2, -0.15) is 5.10 Å². The number of nitrogens with zero attached hydrogens (tertiary/aromatic N) is 2. The number of nitrogens with one attached hydrogen (secondary N) is 1. The summed E-state index contributed by atoms with van der Waals surface area (Å²) in [6, 6.07) is 18.3. The van der Waals surface area contributed by atoms with Crippen molar-refractivity contribution in [3.05, 3.63) is 83.7 Å².